The number of nitrogens with zero attached hydrogens (tertiary/aromatic N) is 4. The van der Waals surface area contributed by atoms with E-state index < -0.39 is 10.0 Å². The molecule has 1 unspecified atom stereocenters. The molecule has 28 heavy (non-hydrogen) atoms. The third-order valence-electron chi connectivity index (χ3n) is 5.20. The summed E-state index contributed by atoms with van der Waals surface area (Å²) in [6.07, 6.45) is 0. The minimum Gasteiger partial charge on any atom is -0.378 e. The molecule has 0 N–H and O–H groups in total. The molecule has 1 aliphatic heterocycles. The minimum atomic E-state index is -3.51. The Morgan fingerprint density at radius 3 is 2.14 bits per heavy atom. The molecule has 1 saturated heterocycles. The highest BCUT2D eigenvalue weighted by atomic mass is 32.2. The van der Waals surface area contributed by atoms with Gasteiger partial charge in [0.25, 0.3) is 0 Å². The number of aryl methyl sites for hydroxylation is 1. The second-order valence-corrected chi connectivity index (χ2v) is 9.13. The molecular weight excluding hydrogens is 372 g/mol. The second kappa shape index (κ2) is 8.31. The number of nitriles is 1. The van der Waals surface area contributed by atoms with E-state index in [9.17, 15) is 13.7 Å². The summed E-state index contributed by atoms with van der Waals surface area (Å²) in [5.41, 5.74) is 2.76. The summed E-state index contributed by atoms with van der Waals surface area (Å²) in [5.74, 6) is 0. The quantitative estimate of drug-likeness (QED) is 0.775. The number of anilines is 1. The maximum atomic E-state index is 13.0. The Kier molecular flexibility index (Phi) is 6.04. The monoisotopic (exact) mass is 398 g/mol. The highest BCUT2D eigenvalue weighted by Crippen LogP contribution is 2.26. The summed E-state index contributed by atoms with van der Waals surface area (Å²) < 4.78 is 27.4. The number of rotatable bonds is 5. The standard InChI is InChI=1S/C21H26N4O2S/c1-17-6-4-5-7-21(17)28(26,27)25-14-12-24(13-15-25)20(16-22)18-8-10-19(11-9-18)23(2)3/h4-11,20H,12-15H2,1-3H3. The molecule has 2 aromatic rings. The van der Waals surface area contributed by atoms with Crippen LogP contribution in [0.4, 0.5) is 5.69 Å². The molecule has 1 fully saturated rings. The van der Waals surface area contributed by atoms with Gasteiger partial charge in [-0.05, 0) is 36.2 Å². The molecular formula is C21H26N4O2S. The fraction of sp³-hybridized carbons (Fsp3) is 0.381. The van der Waals surface area contributed by atoms with Gasteiger partial charge in [0.1, 0.15) is 6.04 Å². The Bertz CT molecular complexity index is 957. The van der Waals surface area contributed by atoms with Crippen LogP contribution in [0.1, 0.15) is 17.2 Å². The molecule has 0 amide bonds. The van der Waals surface area contributed by atoms with Gasteiger partial charge in [-0.3, -0.25) is 4.90 Å². The van der Waals surface area contributed by atoms with E-state index >= 15 is 0 Å². The number of benzene rings is 2. The van der Waals surface area contributed by atoms with Gasteiger partial charge in [0.2, 0.25) is 10.0 Å². The van der Waals surface area contributed by atoms with Crippen molar-refractivity contribution in [3.05, 3.63) is 59.7 Å². The first kappa shape index (κ1) is 20.3. The predicted octanol–water partition coefficient (Wildman–Crippen LogP) is 2.63. The summed E-state index contributed by atoms with van der Waals surface area (Å²) in [7, 11) is 0.444. The van der Waals surface area contributed by atoms with Crippen molar-refractivity contribution < 1.29 is 8.42 Å². The smallest absolute Gasteiger partial charge is 0.243 e. The second-order valence-electron chi connectivity index (χ2n) is 7.22. The van der Waals surface area contributed by atoms with E-state index in [1.54, 1.807) is 12.1 Å². The Labute approximate surface area is 167 Å². The van der Waals surface area contributed by atoms with E-state index in [0.29, 0.717) is 31.1 Å². The molecule has 1 atom stereocenters. The molecule has 2 aromatic carbocycles. The van der Waals surface area contributed by atoms with Gasteiger partial charge < -0.3 is 4.90 Å². The lowest BCUT2D eigenvalue weighted by atomic mass is 10.1. The maximum absolute atomic E-state index is 13.0. The van der Waals surface area contributed by atoms with Gasteiger partial charge in [-0.2, -0.15) is 9.57 Å². The first-order valence-corrected chi connectivity index (χ1v) is 10.8. The highest BCUT2D eigenvalue weighted by molar-refractivity contribution is 7.89. The first-order valence-electron chi connectivity index (χ1n) is 9.31. The van der Waals surface area contributed by atoms with Crippen molar-refractivity contribution in [2.45, 2.75) is 17.9 Å². The SMILES string of the molecule is Cc1ccccc1S(=O)(=O)N1CCN(C(C#N)c2ccc(N(C)C)cc2)CC1. The summed E-state index contributed by atoms with van der Waals surface area (Å²) in [6.45, 7) is 3.62. The van der Waals surface area contributed by atoms with E-state index in [2.05, 4.69) is 11.0 Å². The van der Waals surface area contributed by atoms with Crippen LogP contribution in [-0.4, -0.2) is 57.9 Å². The Morgan fingerprint density at radius 1 is 1.00 bits per heavy atom. The zero-order valence-electron chi connectivity index (χ0n) is 16.5. The molecule has 0 saturated carbocycles. The van der Waals surface area contributed by atoms with Crippen molar-refractivity contribution in [2.75, 3.05) is 45.2 Å². The Hall–Kier alpha value is -2.40. The molecule has 148 valence electrons. The highest BCUT2D eigenvalue weighted by Gasteiger charge is 2.32. The Balaban J connectivity index is 1.72. The lowest BCUT2D eigenvalue weighted by Crippen LogP contribution is -2.49. The van der Waals surface area contributed by atoms with E-state index in [1.807, 2.05) is 62.3 Å². The average Bonchev–Trinajstić information content (AvgIpc) is 2.69. The van der Waals surface area contributed by atoms with Gasteiger partial charge in [0.05, 0.1) is 11.0 Å². The molecule has 6 nitrogen and oxygen atoms in total. The molecule has 1 aliphatic rings. The topological polar surface area (TPSA) is 67.6 Å². The van der Waals surface area contributed by atoms with Crippen LogP contribution in [0.2, 0.25) is 0 Å². The third-order valence-corrected chi connectivity index (χ3v) is 7.26. The van der Waals surface area contributed by atoms with Crippen molar-refractivity contribution in [1.82, 2.24) is 9.21 Å². The zero-order valence-corrected chi connectivity index (χ0v) is 17.4. The summed E-state index contributed by atoms with van der Waals surface area (Å²) in [5, 5.41) is 9.72. The van der Waals surface area contributed by atoms with E-state index in [-0.39, 0.29) is 6.04 Å². The van der Waals surface area contributed by atoms with Crippen LogP contribution in [0.15, 0.2) is 53.4 Å². The molecule has 1 heterocycles. The fourth-order valence-corrected chi connectivity index (χ4v) is 5.16. The van der Waals surface area contributed by atoms with Crippen molar-refractivity contribution >= 4 is 15.7 Å². The maximum Gasteiger partial charge on any atom is 0.243 e. The van der Waals surface area contributed by atoms with Crippen LogP contribution in [0.5, 0.6) is 0 Å². The Morgan fingerprint density at radius 2 is 1.61 bits per heavy atom. The number of sulfonamides is 1. The van der Waals surface area contributed by atoms with Crippen LogP contribution < -0.4 is 4.90 Å². The zero-order chi connectivity index (χ0) is 20.3. The first-order chi connectivity index (χ1) is 13.3. The fourth-order valence-electron chi connectivity index (χ4n) is 3.51. The number of hydrogen-bond acceptors (Lipinski definition) is 5. The summed E-state index contributed by atoms with van der Waals surface area (Å²) in [4.78, 5) is 4.43. The average molecular weight is 399 g/mol. The van der Waals surface area contributed by atoms with Gasteiger partial charge in [-0.25, -0.2) is 8.42 Å². The van der Waals surface area contributed by atoms with E-state index in [4.69, 9.17) is 0 Å². The normalized spacial score (nSPS) is 17.1. The van der Waals surface area contributed by atoms with Crippen molar-refractivity contribution in [1.29, 1.82) is 5.26 Å². The van der Waals surface area contributed by atoms with Crippen molar-refractivity contribution in [3.63, 3.8) is 0 Å². The van der Waals surface area contributed by atoms with Gasteiger partial charge in [-0.1, -0.05) is 30.3 Å². The van der Waals surface area contributed by atoms with Crippen LogP contribution in [-0.2, 0) is 10.0 Å². The van der Waals surface area contributed by atoms with Crippen LogP contribution in [0.3, 0.4) is 0 Å². The lowest BCUT2D eigenvalue weighted by Gasteiger charge is -2.36. The van der Waals surface area contributed by atoms with E-state index in [0.717, 1.165) is 16.8 Å². The van der Waals surface area contributed by atoms with Crippen molar-refractivity contribution in [3.8, 4) is 6.07 Å². The van der Waals surface area contributed by atoms with Gasteiger partial charge in [-0.15, -0.1) is 0 Å². The van der Waals surface area contributed by atoms with Gasteiger partial charge in [0, 0.05) is 46.0 Å². The number of hydrogen-bond donors (Lipinski definition) is 0. The molecule has 0 aromatic heterocycles. The number of piperazine rings is 1. The summed E-state index contributed by atoms with van der Waals surface area (Å²) in [6, 6.07) is 17.0. The van der Waals surface area contributed by atoms with E-state index in [1.165, 1.54) is 4.31 Å². The third kappa shape index (κ3) is 4.04. The predicted molar refractivity (Wildman–Crippen MR) is 111 cm³/mol. The molecule has 0 aliphatic carbocycles. The van der Waals surface area contributed by atoms with Gasteiger partial charge in [0.15, 0.2) is 0 Å². The molecule has 0 bridgehead atoms. The molecule has 0 spiro atoms. The largest absolute Gasteiger partial charge is 0.378 e. The van der Waals surface area contributed by atoms with Crippen molar-refractivity contribution in [2.24, 2.45) is 0 Å². The molecule has 7 heteroatoms. The van der Waals surface area contributed by atoms with Crippen LogP contribution in [0, 0.1) is 18.3 Å². The van der Waals surface area contributed by atoms with Gasteiger partial charge >= 0.3 is 0 Å². The summed E-state index contributed by atoms with van der Waals surface area (Å²) >= 11 is 0. The van der Waals surface area contributed by atoms with Crippen LogP contribution in [0.25, 0.3) is 0 Å². The molecule has 3 rings (SSSR count). The molecule has 0 radical (unpaired) electrons. The minimum absolute atomic E-state index is 0.361. The van der Waals surface area contributed by atoms with Crippen LogP contribution >= 0.6 is 0 Å². The lowest BCUT2D eigenvalue weighted by molar-refractivity contribution is 0.162.